The number of rotatable bonds is 8. The molecule has 1 heterocycles. The van der Waals surface area contributed by atoms with Crippen LogP contribution in [0.1, 0.15) is 24.2 Å². The normalized spacial score (nSPS) is 10.2. The number of hydrogen-bond acceptors (Lipinski definition) is 6. The molecule has 0 aliphatic rings. The molecule has 1 N–H and O–H groups in total. The topological polar surface area (TPSA) is 86.8 Å². The summed E-state index contributed by atoms with van der Waals surface area (Å²) in [5.74, 6) is -0.440. The molecular weight excluding hydrogens is 276 g/mol. The SMILES string of the molecule is CC(C)OC(=O)NCCOCCOC(=O)c1cccnc1. The maximum Gasteiger partial charge on any atom is 0.407 e. The van der Waals surface area contributed by atoms with E-state index in [4.69, 9.17) is 14.2 Å². The van der Waals surface area contributed by atoms with Gasteiger partial charge in [-0.05, 0) is 26.0 Å². The van der Waals surface area contributed by atoms with Crippen molar-refractivity contribution >= 4 is 12.1 Å². The molecule has 1 amide bonds. The van der Waals surface area contributed by atoms with Crippen LogP contribution < -0.4 is 5.32 Å². The van der Waals surface area contributed by atoms with Crippen molar-refractivity contribution in [1.82, 2.24) is 10.3 Å². The van der Waals surface area contributed by atoms with E-state index in [0.29, 0.717) is 18.7 Å². The molecule has 7 nitrogen and oxygen atoms in total. The third kappa shape index (κ3) is 7.88. The van der Waals surface area contributed by atoms with E-state index in [-0.39, 0.29) is 19.3 Å². The van der Waals surface area contributed by atoms with E-state index in [1.165, 1.54) is 6.20 Å². The monoisotopic (exact) mass is 296 g/mol. The van der Waals surface area contributed by atoms with Crippen molar-refractivity contribution < 1.29 is 23.8 Å². The van der Waals surface area contributed by atoms with Crippen molar-refractivity contribution in [1.29, 1.82) is 0 Å². The number of nitrogens with one attached hydrogen (secondary N) is 1. The highest BCUT2D eigenvalue weighted by Gasteiger charge is 2.06. The average molecular weight is 296 g/mol. The molecule has 0 spiro atoms. The van der Waals surface area contributed by atoms with E-state index in [1.54, 1.807) is 32.2 Å². The van der Waals surface area contributed by atoms with Gasteiger partial charge in [-0.1, -0.05) is 0 Å². The van der Waals surface area contributed by atoms with Crippen molar-refractivity contribution in [2.75, 3.05) is 26.4 Å². The minimum Gasteiger partial charge on any atom is -0.460 e. The summed E-state index contributed by atoms with van der Waals surface area (Å²) >= 11 is 0. The Balaban J connectivity index is 2.00. The first-order chi connectivity index (χ1) is 10.1. The van der Waals surface area contributed by atoms with Crippen LogP contribution in [0.5, 0.6) is 0 Å². The van der Waals surface area contributed by atoms with Crippen LogP contribution in [-0.4, -0.2) is 49.5 Å². The van der Waals surface area contributed by atoms with Crippen LogP contribution in [0.15, 0.2) is 24.5 Å². The highest BCUT2D eigenvalue weighted by molar-refractivity contribution is 5.88. The van der Waals surface area contributed by atoms with E-state index >= 15 is 0 Å². The summed E-state index contributed by atoms with van der Waals surface area (Å²) in [7, 11) is 0. The first kappa shape index (κ1) is 16.9. The Bertz CT molecular complexity index is 436. The molecule has 0 fully saturated rings. The van der Waals surface area contributed by atoms with Crippen LogP contribution in [0.25, 0.3) is 0 Å². The molecule has 1 rings (SSSR count). The Morgan fingerprint density at radius 3 is 2.76 bits per heavy atom. The molecule has 0 aliphatic carbocycles. The fourth-order valence-electron chi connectivity index (χ4n) is 1.34. The Kier molecular flexibility index (Phi) is 7.81. The van der Waals surface area contributed by atoms with E-state index in [9.17, 15) is 9.59 Å². The molecule has 1 aromatic rings. The lowest BCUT2D eigenvalue weighted by Crippen LogP contribution is -2.30. The number of amides is 1. The molecule has 7 heteroatoms. The summed E-state index contributed by atoms with van der Waals surface area (Å²) in [6, 6.07) is 3.29. The summed E-state index contributed by atoms with van der Waals surface area (Å²) in [4.78, 5) is 26.5. The zero-order chi connectivity index (χ0) is 15.5. The molecule has 1 aromatic heterocycles. The van der Waals surface area contributed by atoms with Crippen LogP contribution >= 0.6 is 0 Å². The summed E-state index contributed by atoms with van der Waals surface area (Å²) in [6.45, 7) is 4.59. The van der Waals surface area contributed by atoms with Crippen molar-refractivity contribution in [3.8, 4) is 0 Å². The van der Waals surface area contributed by atoms with Gasteiger partial charge in [-0.2, -0.15) is 0 Å². The zero-order valence-corrected chi connectivity index (χ0v) is 12.2. The fourth-order valence-corrected chi connectivity index (χ4v) is 1.34. The number of pyridine rings is 1. The van der Waals surface area contributed by atoms with Gasteiger partial charge in [0, 0.05) is 18.9 Å². The minimum absolute atomic E-state index is 0.143. The maximum atomic E-state index is 11.5. The van der Waals surface area contributed by atoms with E-state index < -0.39 is 12.1 Å². The molecular formula is C14H20N2O5. The van der Waals surface area contributed by atoms with Crippen molar-refractivity contribution in [3.63, 3.8) is 0 Å². The number of hydrogen-bond donors (Lipinski definition) is 1. The van der Waals surface area contributed by atoms with Gasteiger partial charge in [0.25, 0.3) is 0 Å². The second-order valence-electron chi connectivity index (χ2n) is 4.37. The Morgan fingerprint density at radius 2 is 2.10 bits per heavy atom. The molecule has 0 aliphatic heterocycles. The van der Waals surface area contributed by atoms with Gasteiger partial charge in [-0.15, -0.1) is 0 Å². The zero-order valence-electron chi connectivity index (χ0n) is 12.2. The van der Waals surface area contributed by atoms with Gasteiger partial charge < -0.3 is 19.5 Å². The van der Waals surface area contributed by atoms with Gasteiger partial charge in [0.15, 0.2) is 0 Å². The Hall–Kier alpha value is -2.15. The lowest BCUT2D eigenvalue weighted by molar-refractivity contribution is 0.0320. The number of ether oxygens (including phenoxy) is 3. The lowest BCUT2D eigenvalue weighted by Gasteiger charge is -2.09. The van der Waals surface area contributed by atoms with Gasteiger partial charge in [0.1, 0.15) is 6.61 Å². The summed E-state index contributed by atoms with van der Waals surface area (Å²) in [5.41, 5.74) is 0.399. The summed E-state index contributed by atoms with van der Waals surface area (Å²) in [5, 5.41) is 2.54. The molecule has 0 saturated carbocycles. The third-order valence-electron chi connectivity index (χ3n) is 2.22. The molecule has 0 radical (unpaired) electrons. The van der Waals surface area contributed by atoms with Gasteiger partial charge >= 0.3 is 12.1 Å². The predicted octanol–water partition coefficient (Wildman–Crippen LogP) is 1.39. The van der Waals surface area contributed by atoms with Gasteiger partial charge in [0.05, 0.1) is 24.9 Å². The number of nitrogens with zero attached hydrogens (tertiary/aromatic N) is 1. The third-order valence-corrected chi connectivity index (χ3v) is 2.22. The smallest absolute Gasteiger partial charge is 0.407 e. The Labute approximate surface area is 123 Å². The number of aromatic nitrogens is 1. The van der Waals surface area contributed by atoms with Crippen molar-refractivity contribution in [2.24, 2.45) is 0 Å². The van der Waals surface area contributed by atoms with Crippen LogP contribution in [0, 0.1) is 0 Å². The molecule has 116 valence electrons. The summed E-state index contributed by atoms with van der Waals surface area (Å²) < 4.78 is 15.1. The first-order valence-corrected chi connectivity index (χ1v) is 6.69. The highest BCUT2D eigenvalue weighted by Crippen LogP contribution is 1.98. The van der Waals surface area contributed by atoms with Crippen molar-refractivity contribution in [3.05, 3.63) is 30.1 Å². The number of esters is 1. The first-order valence-electron chi connectivity index (χ1n) is 6.69. The Morgan fingerprint density at radius 1 is 1.29 bits per heavy atom. The van der Waals surface area contributed by atoms with Crippen LogP contribution in [0.3, 0.4) is 0 Å². The molecule has 0 bridgehead atoms. The van der Waals surface area contributed by atoms with Crippen molar-refractivity contribution in [2.45, 2.75) is 20.0 Å². The molecule has 0 atom stereocenters. The average Bonchev–Trinajstić information content (AvgIpc) is 2.46. The maximum absolute atomic E-state index is 11.5. The van der Waals surface area contributed by atoms with Crippen LogP contribution in [-0.2, 0) is 14.2 Å². The molecule has 0 saturated heterocycles. The molecule has 0 aromatic carbocycles. The van der Waals surface area contributed by atoms with E-state index in [0.717, 1.165) is 0 Å². The molecule has 21 heavy (non-hydrogen) atoms. The number of carbonyl (C=O) groups excluding carboxylic acids is 2. The number of alkyl carbamates (subject to hydrolysis) is 1. The second-order valence-corrected chi connectivity index (χ2v) is 4.37. The second kappa shape index (κ2) is 9.71. The number of carbonyl (C=O) groups is 2. The standard InChI is InChI=1S/C14H20N2O5/c1-11(2)21-14(18)16-6-7-19-8-9-20-13(17)12-4-3-5-15-10-12/h3-5,10-11H,6-9H2,1-2H3,(H,16,18). The van der Waals surface area contributed by atoms with Crippen LogP contribution in [0.4, 0.5) is 4.79 Å². The summed E-state index contributed by atoms with van der Waals surface area (Å²) in [6.07, 6.45) is 2.39. The van der Waals surface area contributed by atoms with Gasteiger partial charge in [-0.25, -0.2) is 9.59 Å². The van der Waals surface area contributed by atoms with Crippen LogP contribution in [0.2, 0.25) is 0 Å². The minimum atomic E-state index is -0.475. The van der Waals surface area contributed by atoms with E-state index in [1.807, 2.05) is 0 Å². The highest BCUT2D eigenvalue weighted by atomic mass is 16.6. The quantitative estimate of drug-likeness (QED) is 0.576. The lowest BCUT2D eigenvalue weighted by atomic mass is 10.3. The van der Waals surface area contributed by atoms with Gasteiger partial charge in [0.2, 0.25) is 0 Å². The van der Waals surface area contributed by atoms with E-state index in [2.05, 4.69) is 10.3 Å². The fraction of sp³-hybridized carbons (Fsp3) is 0.500. The molecule has 0 unspecified atom stereocenters. The largest absolute Gasteiger partial charge is 0.460 e. The van der Waals surface area contributed by atoms with Gasteiger partial charge in [-0.3, -0.25) is 4.98 Å². The predicted molar refractivity (Wildman–Crippen MR) is 75.0 cm³/mol.